The summed E-state index contributed by atoms with van der Waals surface area (Å²) in [5, 5.41) is 0. The van der Waals surface area contributed by atoms with Gasteiger partial charge in [-0.2, -0.15) is 0 Å². The quantitative estimate of drug-likeness (QED) is 0.513. The minimum atomic E-state index is -0.361. The molecule has 0 amide bonds. The lowest BCUT2D eigenvalue weighted by Crippen LogP contribution is -2.25. The summed E-state index contributed by atoms with van der Waals surface area (Å²) in [6.45, 7) is 3.90. The number of hydrogen-bond acceptors (Lipinski definition) is 3. The molecule has 0 saturated carbocycles. The highest BCUT2D eigenvalue weighted by molar-refractivity contribution is 5.72. The Bertz CT molecular complexity index is 151. The van der Waals surface area contributed by atoms with Gasteiger partial charge in [0.1, 0.15) is 0 Å². The number of hydrogen-bond donors (Lipinski definition) is 0. The normalized spacial score (nSPS) is 30.3. The van der Waals surface area contributed by atoms with Crippen LogP contribution in [0.15, 0.2) is 0 Å². The second kappa shape index (κ2) is 2.23. The molecule has 0 aromatic carbocycles. The van der Waals surface area contributed by atoms with Crippen LogP contribution < -0.4 is 0 Å². The molecular weight excluding hydrogens is 132 g/mol. The van der Waals surface area contributed by atoms with Gasteiger partial charge >= 0.3 is 5.97 Å². The highest BCUT2D eigenvalue weighted by Gasteiger charge is 2.41. The van der Waals surface area contributed by atoms with Crippen LogP contribution in [0.25, 0.3) is 0 Å². The molecule has 1 rings (SSSR count). The van der Waals surface area contributed by atoms with Crippen LogP contribution in [0.3, 0.4) is 0 Å². The van der Waals surface area contributed by atoms with Crippen molar-refractivity contribution in [3.63, 3.8) is 0 Å². The van der Waals surface area contributed by atoms with Crippen LogP contribution in [0, 0.1) is 5.41 Å². The average molecular weight is 144 g/mol. The Kier molecular flexibility index (Phi) is 1.68. The van der Waals surface area contributed by atoms with E-state index in [0.717, 1.165) is 0 Å². The maximum absolute atomic E-state index is 10.7. The minimum Gasteiger partial charge on any atom is -0.435 e. The van der Waals surface area contributed by atoms with E-state index in [4.69, 9.17) is 9.47 Å². The van der Waals surface area contributed by atoms with E-state index in [-0.39, 0.29) is 17.7 Å². The van der Waals surface area contributed by atoms with Gasteiger partial charge < -0.3 is 9.47 Å². The first-order valence-electron chi connectivity index (χ1n) is 3.28. The van der Waals surface area contributed by atoms with Crippen molar-refractivity contribution < 1.29 is 14.3 Å². The SMILES string of the molecule is CO[C@@H]1OC(=O)CC1(C)C. The Labute approximate surface area is 60.3 Å². The molecule has 0 bridgehead atoms. The van der Waals surface area contributed by atoms with E-state index in [2.05, 4.69) is 0 Å². The van der Waals surface area contributed by atoms with Gasteiger partial charge in [0.15, 0.2) is 0 Å². The molecule has 1 aliphatic heterocycles. The van der Waals surface area contributed by atoms with Crippen LogP contribution in [0.1, 0.15) is 20.3 Å². The topological polar surface area (TPSA) is 35.5 Å². The van der Waals surface area contributed by atoms with E-state index in [1.54, 1.807) is 7.11 Å². The fourth-order valence-corrected chi connectivity index (χ4v) is 1.14. The maximum Gasteiger partial charge on any atom is 0.308 e. The predicted octanol–water partition coefficient (Wildman–Crippen LogP) is 0.932. The van der Waals surface area contributed by atoms with Crippen LogP contribution >= 0.6 is 0 Å². The fourth-order valence-electron chi connectivity index (χ4n) is 1.14. The summed E-state index contributed by atoms with van der Waals surface area (Å²) in [7, 11) is 1.55. The van der Waals surface area contributed by atoms with Gasteiger partial charge in [0.2, 0.25) is 6.29 Å². The molecule has 1 heterocycles. The first-order valence-corrected chi connectivity index (χ1v) is 3.28. The van der Waals surface area contributed by atoms with Crippen molar-refractivity contribution in [1.29, 1.82) is 0 Å². The molecule has 1 aliphatic rings. The number of esters is 1. The zero-order chi connectivity index (χ0) is 7.78. The van der Waals surface area contributed by atoms with Crippen LogP contribution in [0.5, 0.6) is 0 Å². The first-order chi connectivity index (χ1) is 4.56. The Morgan fingerprint density at radius 2 is 2.30 bits per heavy atom. The Hall–Kier alpha value is -0.570. The molecule has 0 unspecified atom stereocenters. The van der Waals surface area contributed by atoms with E-state index in [0.29, 0.717) is 6.42 Å². The van der Waals surface area contributed by atoms with Crippen molar-refractivity contribution in [1.82, 2.24) is 0 Å². The van der Waals surface area contributed by atoms with E-state index >= 15 is 0 Å². The van der Waals surface area contributed by atoms with Crippen molar-refractivity contribution in [2.24, 2.45) is 5.41 Å². The van der Waals surface area contributed by atoms with Gasteiger partial charge in [0.25, 0.3) is 0 Å². The van der Waals surface area contributed by atoms with Gasteiger partial charge in [-0.3, -0.25) is 4.79 Å². The largest absolute Gasteiger partial charge is 0.435 e. The molecule has 0 aromatic rings. The molecular formula is C7H12O3. The van der Waals surface area contributed by atoms with E-state index in [9.17, 15) is 4.79 Å². The second-order valence-corrected chi connectivity index (χ2v) is 3.22. The molecule has 1 fully saturated rings. The van der Waals surface area contributed by atoms with Gasteiger partial charge in [0, 0.05) is 12.5 Å². The van der Waals surface area contributed by atoms with Crippen molar-refractivity contribution >= 4 is 5.97 Å². The van der Waals surface area contributed by atoms with Crippen molar-refractivity contribution in [3.8, 4) is 0 Å². The van der Waals surface area contributed by atoms with Crippen LogP contribution in [0.4, 0.5) is 0 Å². The molecule has 0 aliphatic carbocycles. The standard InChI is InChI=1S/C7H12O3/c1-7(2)4-5(8)10-6(7)9-3/h6H,4H2,1-3H3/t6-/m1/s1. The van der Waals surface area contributed by atoms with Crippen molar-refractivity contribution in [2.75, 3.05) is 7.11 Å². The van der Waals surface area contributed by atoms with E-state index in [1.165, 1.54) is 0 Å². The third kappa shape index (κ3) is 1.14. The van der Waals surface area contributed by atoms with Gasteiger partial charge in [-0.15, -0.1) is 0 Å². The molecule has 0 N–H and O–H groups in total. The zero-order valence-corrected chi connectivity index (χ0v) is 6.51. The Balaban J connectivity index is 2.67. The lowest BCUT2D eigenvalue weighted by atomic mass is 9.91. The number of carbonyl (C=O) groups is 1. The zero-order valence-electron chi connectivity index (χ0n) is 6.51. The fraction of sp³-hybridized carbons (Fsp3) is 0.857. The number of carbonyl (C=O) groups excluding carboxylic acids is 1. The molecule has 3 nitrogen and oxygen atoms in total. The average Bonchev–Trinajstić information content (AvgIpc) is 2.04. The smallest absolute Gasteiger partial charge is 0.308 e. The van der Waals surface area contributed by atoms with Crippen LogP contribution in [-0.4, -0.2) is 19.4 Å². The predicted molar refractivity (Wildman–Crippen MR) is 35.3 cm³/mol. The number of rotatable bonds is 1. The highest BCUT2D eigenvalue weighted by Crippen LogP contribution is 2.34. The Morgan fingerprint density at radius 1 is 1.70 bits per heavy atom. The molecule has 0 aromatic heterocycles. The van der Waals surface area contributed by atoms with Crippen LogP contribution in [-0.2, 0) is 14.3 Å². The van der Waals surface area contributed by atoms with Gasteiger partial charge in [0.05, 0.1) is 6.42 Å². The summed E-state index contributed by atoms with van der Waals surface area (Å²) in [5.74, 6) is -0.170. The molecule has 1 saturated heterocycles. The Morgan fingerprint density at radius 3 is 2.50 bits per heavy atom. The number of methoxy groups -OCH3 is 1. The van der Waals surface area contributed by atoms with Gasteiger partial charge in [-0.25, -0.2) is 0 Å². The summed E-state index contributed by atoms with van der Waals surface area (Å²) in [6.07, 6.45) is 0.0888. The molecule has 10 heavy (non-hydrogen) atoms. The van der Waals surface area contributed by atoms with Crippen molar-refractivity contribution in [3.05, 3.63) is 0 Å². The summed E-state index contributed by atoms with van der Waals surface area (Å²) < 4.78 is 9.82. The van der Waals surface area contributed by atoms with Gasteiger partial charge in [-0.05, 0) is 0 Å². The molecule has 58 valence electrons. The summed E-state index contributed by atoms with van der Waals surface area (Å²) >= 11 is 0. The number of cyclic esters (lactones) is 1. The summed E-state index contributed by atoms with van der Waals surface area (Å²) in [4.78, 5) is 10.7. The van der Waals surface area contributed by atoms with Crippen molar-refractivity contribution in [2.45, 2.75) is 26.6 Å². The highest BCUT2D eigenvalue weighted by atomic mass is 16.7. The third-order valence-corrected chi connectivity index (χ3v) is 1.69. The molecule has 0 radical (unpaired) electrons. The second-order valence-electron chi connectivity index (χ2n) is 3.22. The summed E-state index contributed by atoms with van der Waals surface area (Å²) in [5.41, 5.74) is -0.161. The molecule has 3 heteroatoms. The summed E-state index contributed by atoms with van der Waals surface area (Å²) in [6, 6.07) is 0. The van der Waals surface area contributed by atoms with E-state index in [1.807, 2.05) is 13.8 Å². The monoisotopic (exact) mass is 144 g/mol. The lowest BCUT2D eigenvalue weighted by molar-refractivity contribution is -0.166. The van der Waals surface area contributed by atoms with E-state index < -0.39 is 0 Å². The maximum atomic E-state index is 10.7. The van der Waals surface area contributed by atoms with Gasteiger partial charge in [-0.1, -0.05) is 13.8 Å². The first kappa shape index (κ1) is 7.54. The third-order valence-electron chi connectivity index (χ3n) is 1.69. The molecule has 0 spiro atoms. The number of ether oxygens (including phenoxy) is 2. The van der Waals surface area contributed by atoms with Crippen LogP contribution in [0.2, 0.25) is 0 Å². The lowest BCUT2D eigenvalue weighted by Gasteiger charge is -2.21. The molecule has 1 atom stereocenters. The minimum absolute atomic E-state index is 0.161.